The highest BCUT2D eigenvalue weighted by Gasteiger charge is 2.26. The Hall–Kier alpha value is -1.46. The minimum absolute atomic E-state index is 0.360. The smallest absolute Gasteiger partial charge is 0.384 e. The first-order valence-corrected chi connectivity index (χ1v) is 5.01. The van der Waals surface area contributed by atoms with E-state index in [1.807, 2.05) is 6.92 Å². The van der Waals surface area contributed by atoms with Gasteiger partial charge in [-0.15, -0.1) is 0 Å². The molecule has 1 aromatic heterocycles. The molecule has 0 radical (unpaired) electrons. The molecule has 1 aromatic rings. The molecule has 16 heavy (non-hydrogen) atoms. The summed E-state index contributed by atoms with van der Waals surface area (Å²) in [7, 11) is 0. The summed E-state index contributed by atoms with van der Waals surface area (Å²) >= 11 is 0. The number of aromatic nitrogens is 1. The fourth-order valence-electron chi connectivity index (χ4n) is 1.10. The van der Waals surface area contributed by atoms with Gasteiger partial charge in [-0.3, -0.25) is 4.98 Å². The van der Waals surface area contributed by atoms with Crippen molar-refractivity contribution < 1.29 is 13.2 Å². The number of hydrogen-bond acceptors (Lipinski definition) is 3. The van der Waals surface area contributed by atoms with E-state index in [2.05, 4.69) is 15.6 Å². The predicted octanol–water partition coefficient (Wildman–Crippen LogP) is 2.88. The van der Waals surface area contributed by atoms with E-state index in [0.717, 1.165) is 13.0 Å². The maximum atomic E-state index is 11.9. The topological polar surface area (TPSA) is 37.0 Å². The molecular weight excluding hydrogens is 219 g/mol. The van der Waals surface area contributed by atoms with Crippen molar-refractivity contribution in [2.75, 3.05) is 23.7 Å². The molecule has 2 N–H and O–H groups in total. The van der Waals surface area contributed by atoms with Gasteiger partial charge >= 0.3 is 6.18 Å². The van der Waals surface area contributed by atoms with Crippen LogP contribution in [-0.2, 0) is 0 Å². The van der Waals surface area contributed by atoms with Crippen molar-refractivity contribution in [3.63, 3.8) is 0 Å². The van der Waals surface area contributed by atoms with Crippen molar-refractivity contribution in [2.24, 2.45) is 0 Å². The third-order valence-electron chi connectivity index (χ3n) is 1.81. The van der Waals surface area contributed by atoms with Crippen LogP contribution >= 0.6 is 0 Å². The maximum absolute atomic E-state index is 11.9. The van der Waals surface area contributed by atoms with E-state index in [0.29, 0.717) is 11.4 Å². The number of nitrogens with one attached hydrogen (secondary N) is 2. The molecular formula is C10H14F3N3. The van der Waals surface area contributed by atoms with Crippen LogP contribution in [0.4, 0.5) is 24.5 Å². The fourth-order valence-corrected chi connectivity index (χ4v) is 1.10. The minimum atomic E-state index is -4.22. The molecule has 0 aliphatic carbocycles. The maximum Gasteiger partial charge on any atom is 0.405 e. The van der Waals surface area contributed by atoms with Crippen molar-refractivity contribution in [2.45, 2.75) is 19.5 Å². The molecule has 0 aromatic carbocycles. The van der Waals surface area contributed by atoms with Crippen LogP contribution in [0, 0.1) is 0 Å². The van der Waals surface area contributed by atoms with Crippen LogP contribution in [0.3, 0.4) is 0 Å². The summed E-state index contributed by atoms with van der Waals surface area (Å²) in [5.74, 6) is 0. The van der Waals surface area contributed by atoms with Crippen LogP contribution in [-0.4, -0.2) is 24.2 Å². The lowest BCUT2D eigenvalue weighted by Gasteiger charge is -2.10. The zero-order valence-corrected chi connectivity index (χ0v) is 8.93. The van der Waals surface area contributed by atoms with E-state index < -0.39 is 12.7 Å². The zero-order chi connectivity index (χ0) is 12.0. The predicted molar refractivity (Wildman–Crippen MR) is 57.6 cm³/mol. The molecule has 0 amide bonds. The molecule has 6 heteroatoms. The van der Waals surface area contributed by atoms with Crippen molar-refractivity contribution in [3.05, 3.63) is 18.5 Å². The Morgan fingerprint density at radius 1 is 1.19 bits per heavy atom. The summed E-state index contributed by atoms with van der Waals surface area (Å²) in [6, 6.07) is 1.61. The number of halogens is 3. The monoisotopic (exact) mass is 233 g/mol. The number of rotatable bonds is 5. The van der Waals surface area contributed by atoms with Gasteiger partial charge in [0.05, 0.1) is 23.8 Å². The molecule has 1 heterocycles. The fraction of sp³-hybridized carbons (Fsp3) is 0.500. The highest BCUT2D eigenvalue weighted by molar-refractivity contribution is 5.53. The normalized spacial score (nSPS) is 11.2. The van der Waals surface area contributed by atoms with Gasteiger partial charge in [-0.2, -0.15) is 13.2 Å². The molecule has 0 spiro atoms. The van der Waals surface area contributed by atoms with Gasteiger partial charge in [0.2, 0.25) is 0 Å². The number of nitrogens with zero attached hydrogens (tertiary/aromatic N) is 1. The summed E-state index contributed by atoms with van der Waals surface area (Å²) in [5.41, 5.74) is 1.08. The summed E-state index contributed by atoms with van der Waals surface area (Å²) in [5, 5.41) is 5.32. The van der Waals surface area contributed by atoms with Gasteiger partial charge in [-0.1, -0.05) is 6.92 Å². The molecule has 0 aliphatic heterocycles. The van der Waals surface area contributed by atoms with Crippen molar-refractivity contribution >= 4 is 11.4 Å². The average molecular weight is 233 g/mol. The summed E-state index contributed by atoms with van der Waals surface area (Å²) in [4.78, 5) is 3.85. The second kappa shape index (κ2) is 5.58. The van der Waals surface area contributed by atoms with Crippen LogP contribution in [0.5, 0.6) is 0 Å². The number of alkyl halides is 3. The Balaban J connectivity index is 2.53. The summed E-state index contributed by atoms with van der Waals surface area (Å²) in [6.45, 7) is 1.72. The minimum Gasteiger partial charge on any atom is -0.384 e. The van der Waals surface area contributed by atoms with Gasteiger partial charge in [0.1, 0.15) is 6.54 Å². The highest BCUT2D eigenvalue weighted by Crippen LogP contribution is 2.18. The molecule has 0 bridgehead atoms. The summed E-state index contributed by atoms with van der Waals surface area (Å²) in [6.07, 6.45) is -0.329. The average Bonchev–Trinajstić information content (AvgIpc) is 2.23. The van der Waals surface area contributed by atoms with Gasteiger partial charge in [-0.05, 0) is 12.5 Å². The lowest BCUT2D eigenvalue weighted by molar-refractivity contribution is -0.115. The van der Waals surface area contributed by atoms with Crippen LogP contribution in [0.2, 0.25) is 0 Å². The van der Waals surface area contributed by atoms with E-state index in [-0.39, 0.29) is 0 Å². The quantitative estimate of drug-likeness (QED) is 0.821. The van der Waals surface area contributed by atoms with E-state index >= 15 is 0 Å². The van der Waals surface area contributed by atoms with E-state index in [4.69, 9.17) is 0 Å². The second-order valence-corrected chi connectivity index (χ2v) is 3.36. The number of pyridine rings is 1. The van der Waals surface area contributed by atoms with Crippen molar-refractivity contribution in [1.82, 2.24) is 4.98 Å². The third-order valence-corrected chi connectivity index (χ3v) is 1.81. The number of anilines is 2. The first-order valence-electron chi connectivity index (χ1n) is 5.01. The van der Waals surface area contributed by atoms with Crippen LogP contribution < -0.4 is 10.6 Å². The molecule has 0 saturated heterocycles. The molecule has 0 saturated carbocycles. The van der Waals surface area contributed by atoms with Gasteiger partial charge in [0.25, 0.3) is 0 Å². The van der Waals surface area contributed by atoms with E-state index in [1.165, 1.54) is 6.20 Å². The molecule has 0 unspecified atom stereocenters. The standard InChI is InChI=1S/C10H14F3N3/c1-2-3-15-8-4-9(6-14-5-8)16-7-10(11,12)13/h4-6,15-16H,2-3,7H2,1H3. The first kappa shape index (κ1) is 12.6. The Labute approximate surface area is 92.1 Å². The Kier molecular flexibility index (Phi) is 4.39. The second-order valence-electron chi connectivity index (χ2n) is 3.36. The molecule has 90 valence electrons. The lowest BCUT2D eigenvalue weighted by atomic mass is 10.3. The third kappa shape index (κ3) is 4.86. The van der Waals surface area contributed by atoms with Gasteiger partial charge in [0.15, 0.2) is 0 Å². The first-order chi connectivity index (χ1) is 7.51. The van der Waals surface area contributed by atoms with Crippen molar-refractivity contribution in [1.29, 1.82) is 0 Å². The van der Waals surface area contributed by atoms with Crippen LogP contribution in [0.15, 0.2) is 18.5 Å². The van der Waals surface area contributed by atoms with Gasteiger partial charge in [0, 0.05) is 6.54 Å². The Bertz CT molecular complexity index is 325. The summed E-state index contributed by atoms with van der Waals surface area (Å²) < 4.78 is 35.8. The molecule has 3 nitrogen and oxygen atoms in total. The molecule has 1 rings (SSSR count). The van der Waals surface area contributed by atoms with E-state index in [1.54, 1.807) is 12.3 Å². The van der Waals surface area contributed by atoms with Gasteiger partial charge < -0.3 is 10.6 Å². The van der Waals surface area contributed by atoms with Crippen LogP contribution in [0.1, 0.15) is 13.3 Å². The van der Waals surface area contributed by atoms with Gasteiger partial charge in [-0.25, -0.2) is 0 Å². The Morgan fingerprint density at radius 3 is 2.38 bits per heavy atom. The SMILES string of the molecule is CCCNc1cncc(NCC(F)(F)F)c1. The lowest BCUT2D eigenvalue weighted by Crippen LogP contribution is -2.21. The largest absolute Gasteiger partial charge is 0.405 e. The zero-order valence-electron chi connectivity index (χ0n) is 8.93. The van der Waals surface area contributed by atoms with Crippen molar-refractivity contribution in [3.8, 4) is 0 Å². The van der Waals surface area contributed by atoms with Crippen LogP contribution in [0.25, 0.3) is 0 Å². The molecule has 0 fully saturated rings. The van der Waals surface area contributed by atoms with E-state index in [9.17, 15) is 13.2 Å². The highest BCUT2D eigenvalue weighted by atomic mass is 19.4. The Morgan fingerprint density at radius 2 is 1.81 bits per heavy atom. The molecule has 0 atom stereocenters. The molecule has 0 aliphatic rings. The number of hydrogen-bond donors (Lipinski definition) is 2.